The van der Waals surface area contributed by atoms with Gasteiger partial charge < -0.3 is 4.74 Å². The Hall–Kier alpha value is -2.50. The van der Waals surface area contributed by atoms with Gasteiger partial charge in [-0.05, 0) is 18.6 Å². The summed E-state index contributed by atoms with van der Waals surface area (Å²) >= 11 is 12.3. The highest BCUT2D eigenvalue weighted by molar-refractivity contribution is 6.43. The lowest BCUT2D eigenvalue weighted by atomic mass is 10.2. The number of carbonyl (C=O) groups is 1. The molecule has 1 aromatic heterocycles. The minimum Gasteiger partial charge on any atom is -0.479 e. The third-order valence-corrected chi connectivity index (χ3v) is 4.93. The van der Waals surface area contributed by atoms with Crippen molar-refractivity contribution in [2.45, 2.75) is 25.7 Å². The van der Waals surface area contributed by atoms with Crippen molar-refractivity contribution >= 4 is 29.1 Å². The molecule has 0 fully saturated rings. The number of aromatic nitrogens is 2. The van der Waals surface area contributed by atoms with Gasteiger partial charge in [-0.2, -0.15) is 13.2 Å². The number of hydrogen-bond donors (Lipinski definition) is 1. The molecule has 0 saturated carbocycles. The van der Waals surface area contributed by atoms with E-state index >= 15 is 0 Å². The second-order valence-corrected chi connectivity index (χ2v) is 6.83. The molecule has 0 bridgehead atoms. The molecule has 1 atom stereocenters. The van der Waals surface area contributed by atoms with Crippen LogP contribution in [0.3, 0.4) is 0 Å². The average Bonchev–Trinajstić information content (AvgIpc) is 2.66. The molecule has 2 aromatic rings. The summed E-state index contributed by atoms with van der Waals surface area (Å²) in [5, 5.41) is -0.203. The minimum atomic E-state index is -4.86. The lowest BCUT2D eigenvalue weighted by molar-refractivity contribution is -0.144. The highest BCUT2D eigenvalue weighted by Gasteiger charge is 2.35. The number of nitrogens with one attached hydrogen (secondary N) is 1. The Bertz CT molecular complexity index is 1080. The van der Waals surface area contributed by atoms with Gasteiger partial charge in [0.05, 0.1) is 18.7 Å². The first-order valence-electron chi connectivity index (χ1n) is 8.22. The number of ether oxygens (including phenoxy) is 1. The Morgan fingerprint density at radius 3 is 2.43 bits per heavy atom. The molecule has 1 N–H and O–H groups in total. The fourth-order valence-corrected chi connectivity index (χ4v) is 2.92. The molecule has 164 valence electrons. The molecular formula is C17H16Cl2F3N3O5. The van der Waals surface area contributed by atoms with E-state index < -0.39 is 41.7 Å². The van der Waals surface area contributed by atoms with E-state index in [-0.39, 0.29) is 21.4 Å². The largest absolute Gasteiger partial charge is 0.479 e. The van der Waals surface area contributed by atoms with Crippen LogP contribution in [0.2, 0.25) is 10.0 Å². The molecule has 0 spiro atoms. The SMILES string of the molecule is CONC(=O)C(C)Oc1ccc(Cn2c(=O)cc(C(F)(F)F)n(C)c2=O)c(Cl)c1Cl. The Labute approximate surface area is 177 Å². The zero-order chi connectivity index (χ0) is 22.8. The number of carbonyl (C=O) groups excluding carboxylic acids is 1. The van der Waals surface area contributed by atoms with E-state index in [1.165, 1.54) is 26.2 Å². The Morgan fingerprint density at radius 2 is 1.87 bits per heavy atom. The van der Waals surface area contributed by atoms with Gasteiger partial charge in [-0.1, -0.05) is 29.3 Å². The lowest BCUT2D eigenvalue weighted by Gasteiger charge is -2.17. The molecule has 0 saturated heterocycles. The van der Waals surface area contributed by atoms with Gasteiger partial charge in [0.15, 0.2) is 6.10 Å². The van der Waals surface area contributed by atoms with E-state index in [9.17, 15) is 27.6 Å². The molecular weight excluding hydrogens is 454 g/mol. The van der Waals surface area contributed by atoms with Gasteiger partial charge in [-0.15, -0.1) is 0 Å². The number of rotatable bonds is 6. The highest BCUT2D eigenvalue weighted by atomic mass is 35.5. The van der Waals surface area contributed by atoms with Crippen LogP contribution in [0.15, 0.2) is 27.8 Å². The maximum absolute atomic E-state index is 12.9. The highest BCUT2D eigenvalue weighted by Crippen LogP contribution is 2.35. The minimum absolute atomic E-state index is 0.0387. The topological polar surface area (TPSA) is 91.6 Å². The second kappa shape index (κ2) is 9.11. The number of hydrogen-bond acceptors (Lipinski definition) is 5. The van der Waals surface area contributed by atoms with Crippen molar-refractivity contribution in [3.05, 3.63) is 60.3 Å². The number of halogens is 5. The molecule has 0 aliphatic heterocycles. The maximum atomic E-state index is 12.9. The Morgan fingerprint density at radius 1 is 1.23 bits per heavy atom. The molecule has 13 heteroatoms. The van der Waals surface area contributed by atoms with Crippen LogP contribution in [-0.4, -0.2) is 28.3 Å². The number of hydroxylamine groups is 1. The molecule has 0 radical (unpaired) electrons. The van der Waals surface area contributed by atoms with Crippen molar-refractivity contribution in [1.29, 1.82) is 0 Å². The summed E-state index contributed by atoms with van der Waals surface area (Å²) in [7, 11) is 2.15. The van der Waals surface area contributed by atoms with Gasteiger partial charge in [0.2, 0.25) is 0 Å². The molecule has 2 rings (SSSR count). The van der Waals surface area contributed by atoms with Gasteiger partial charge in [-0.25, -0.2) is 10.3 Å². The summed E-state index contributed by atoms with van der Waals surface area (Å²) in [4.78, 5) is 40.5. The molecule has 1 amide bonds. The van der Waals surface area contributed by atoms with E-state index in [0.717, 1.165) is 7.05 Å². The van der Waals surface area contributed by atoms with Crippen molar-refractivity contribution in [3.8, 4) is 5.75 Å². The van der Waals surface area contributed by atoms with Gasteiger partial charge in [0.1, 0.15) is 16.5 Å². The summed E-state index contributed by atoms with van der Waals surface area (Å²) in [6.07, 6.45) is -5.85. The summed E-state index contributed by atoms with van der Waals surface area (Å²) in [6, 6.07) is 3.04. The molecule has 1 unspecified atom stereocenters. The van der Waals surface area contributed by atoms with Crippen molar-refractivity contribution in [1.82, 2.24) is 14.6 Å². The normalized spacial score (nSPS) is 12.5. The van der Waals surface area contributed by atoms with E-state index in [4.69, 9.17) is 27.9 Å². The van der Waals surface area contributed by atoms with Crippen LogP contribution >= 0.6 is 23.2 Å². The van der Waals surface area contributed by atoms with Crippen molar-refractivity contribution < 1.29 is 27.5 Å². The number of nitrogens with zero attached hydrogens (tertiary/aromatic N) is 2. The first-order valence-corrected chi connectivity index (χ1v) is 8.98. The third-order valence-electron chi connectivity index (χ3n) is 4.03. The smallest absolute Gasteiger partial charge is 0.431 e. The Balaban J connectivity index is 2.39. The predicted octanol–water partition coefficient (Wildman–Crippen LogP) is 2.37. The molecule has 0 aliphatic carbocycles. The van der Waals surface area contributed by atoms with Crippen molar-refractivity contribution in [2.75, 3.05) is 7.11 Å². The fraction of sp³-hybridized carbons (Fsp3) is 0.353. The molecule has 1 aromatic carbocycles. The lowest BCUT2D eigenvalue weighted by Crippen LogP contribution is -2.41. The van der Waals surface area contributed by atoms with Gasteiger partial charge in [0.25, 0.3) is 11.5 Å². The van der Waals surface area contributed by atoms with Crippen LogP contribution in [0.1, 0.15) is 18.2 Å². The summed E-state index contributed by atoms with van der Waals surface area (Å²) in [5.41, 5.74) is -1.43. The summed E-state index contributed by atoms with van der Waals surface area (Å²) < 4.78 is 45.1. The van der Waals surface area contributed by atoms with Crippen LogP contribution in [0, 0.1) is 0 Å². The third kappa shape index (κ3) is 4.97. The van der Waals surface area contributed by atoms with E-state index in [2.05, 4.69) is 10.3 Å². The van der Waals surface area contributed by atoms with Crippen LogP contribution in [0.5, 0.6) is 5.75 Å². The Kier molecular flexibility index (Phi) is 7.22. The molecule has 0 aliphatic rings. The summed E-state index contributed by atoms with van der Waals surface area (Å²) in [6.45, 7) is 1.00. The number of alkyl halides is 3. The summed E-state index contributed by atoms with van der Waals surface area (Å²) in [5.74, 6) is -0.551. The maximum Gasteiger partial charge on any atom is 0.431 e. The second-order valence-electron chi connectivity index (χ2n) is 6.07. The van der Waals surface area contributed by atoms with Gasteiger partial charge in [0, 0.05) is 13.1 Å². The molecule has 8 nitrogen and oxygen atoms in total. The molecule has 1 heterocycles. The number of amides is 1. The van der Waals surface area contributed by atoms with E-state index in [1.807, 2.05) is 0 Å². The van der Waals surface area contributed by atoms with E-state index in [1.54, 1.807) is 0 Å². The van der Waals surface area contributed by atoms with Crippen LogP contribution < -0.4 is 21.5 Å². The van der Waals surface area contributed by atoms with E-state index in [0.29, 0.717) is 15.2 Å². The zero-order valence-electron chi connectivity index (χ0n) is 15.8. The van der Waals surface area contributed by atoms with Crippen molar-refractivity contribution in [3.63, 3.8) is 0 Å². The van der Waals surface area contributed by atoms with Crippen LogP contribution in [0.4, 0.5) is 13.2 Å². The first kappa shape index (κ1) is 23.8. The van der Waals surface area contributed by atoms with Gasteiger partial charge in [-0.3, -0.25) is 23.6 Å². The fourth-order valence-electron chi connectivity index (χ4n) is 2.47. The quantitative estimate of drug-likeness (QED) is 0.655. The monoisotopic (exact) mass is 469 g/mol. The van der Waals surface area contributed by atoms with Gasteiger partial charge >= 0.3 is 11.9 Å². The predicted molar refractivity (Wildman–Crippen MR) is 102 cm³/mol. The van der Waals surface area contributed by atoms with Crippen LogP contribution in [0.25, 0.3) is 0 Å². The first-order chi connectivity index (χ1) is 13.9. The standard InChI is InChI=1S/C17H16Cl2F3N3O5/c1-8(15(27)23-29-3)30-10-5-4-9(13(18)14(10)19)7-25-12(26)6-11(17(20,21)22)24(2)16(25)28/h4-6,8H,7H2,1-3H3,(H,23,27). The molecule has 30 heavy (non-hydrogen) atoms. The number of benzene rings is 1. The average molecular weight is 470 g/mol. The zero-order valence-corrected chi connectivity index (χ0v) is 17.4. The van der Waals surface area contributed by atoms with Crippen LogP contribution in [-0.2, 0) is 29.4 Å². The van der Waals surface area contributed by atoms with Crippen molar-refractivity contribution in [2.24, 2.45) is 7.05 Å².